The summed E-state index contributed by atoms with van der Waals surface area (Å²) in [5, 5.41) is 23.3. The summed E-state index contributed by atoms with van der Waals surface area (Å²) >= 11 is 6.03. The summed E-state index contributed by atoms with van der Waals surface area (Å²) in [6.07, 6.45) is 3.01. The number of carboxylic acids is 1. The number of nitro benzene ring substituents is 1. The number of nitro groups is 1. The summed E-state index contributed by atoms with van der Waals surface area (Å²) in [5.41, 5.74) is 0.786. The summed E-state index contributed by atoms with van der Waals surface area (Å²) < 4.78 is 0. The predicted octanol–water partition coefficient (Wildman–Crippen LogP) is 2.98. The lowest BCUT2D eigenvalue weighted by atomic mass is 9.86. The van der Waals surface area contributed by atoms with Gasteiger partial charge in [-0.2, -0.15) is 0 Å². The molecule has 0 spiro atoms. The third-order valence-corrected chi connectivity index (χ3v) is 4.26. The number of hydrogen-bond donors (Lipinski definition) is 2. The number of carbonyl (C=O) groups is 1. The van der Waals surface area contributed by atoms with Gasteiger partial charge in [0.05, 0.1) is 15.9 Å². The van der Waals surface area contributed by atoms with Crippen molar-refractivity contribution in [3.63, 3.8) is 0 Å². The van der Waals surface area contributed by atoms with E-state index in [-0.39, 0.29) is 17.6 Å². The van der Waals surface area contributed by atoms with Gasteiger partial charge in [-0.15, -0.1) is 0 Å². The molecule has 0 bridgehead atoms. The molecule has 1 aromatic rings. The molecule has 0 amide bonds. The van der Waals surface area contributed by atoms with Gasteiger partial charge in [-0.25, -0.2) is 0 Å². The molecule has 1 aliphatic carbocycles. The lowest BCUT2D eigenvalue weighted by Gasteiger charge is -2.27. The number of non-ortho nitro benzene ring substituents is 1. The van der Waals surface area contributed by atoms with Crippen LogP contribution in [0, 0.1) is 16.0 Å². The van der Waals surface area contributed by atoms with Crippen LogP contribution in [0.4, 0.5) is 5.69 Å². The quantitative estimate of drug-likeness (QED) is 0.644. The summed E-state index contributed by atoms with van der Waals surface area (Å²) in [4.78, 5) is 21.0. The Morgan fingerprint density at radius 3 is 2.57 bits per heavy atom. The minimum atomic E-state index is -0.716. The first-order valence-corrected chi connectivity index (χ1v) is 7.24. The van der Waals surface area contributed by atoms with E-state index < -0.39 is 10.9 Å². The second kappa shape index (κ2) is 6.87. The Balaban J connectivity index is 1.87. The van der Waals surface area contributed by atoms with E-state index in [0.29, 0.717) is 24.4 Å². The Morgan fingerprint density at radius 1 is 1.38 bits per heavy atom. The molecule has 1 aliphatic rings. The fraction of sp³-hybridized carbons (Fsp3) is 0.500. The number of hydrogen-bond acceptors (Lipinski definition) is 4. The molecule has 7 heteroatoms. The first-order valence-electron chi connectivity index (χ1n) is 6.86. The molecule has 0 saturated heterocycles. The third kappa shape index (κ3) is 4.15. The molecule has 0 heterocycles. The Morgan fingerprint density at radius 2 is 2.05 bits per heavy atom. The lowest BCUT2D eigenvalue weighted by Crippen LogP contribution is -2.34. The SMILES string of the molecule is O=C(O)C1CCC(NCc2ccc([N+](=O)[O-])cc2Cl)CC1. The van der Waals surface area contributed by atoms with Crippen molar-refractivity contribution in [1.29, 1.82) is 0 Å². The molecule has 2 rings (SSSR count). The van der Waals surface area contributed by atoms with Gasteiger partial charge in [0.15, 0.2) is 0 Å². The molecule has 114 valence electrons. The van der Waals surface area contributed by atoms with Crippen LogP contribution in [0.1, 0.15) is 31.2 Å². The van der Waals surface area contributed by atoms with E-state index in [0.717, 1.165) is 18.4 Å². The maximum atomic E-state index is 10.9. The van der Waals surface area contributed by atoms with Crippen LogP contribution in [-0.2, 0) is 11.3 Å². The number of rotatable bonds is 5. The van der Waals surface area contributed by atoms with Crippen molar-refractivity contribution in [1.82, 2.24) is 5.32 Å². The van der Waals surface area contributed by atoms with Crippen molar-refractivity contribution in [2.24, 2.45) is 5.92 Å². The highest BCUT2D eigenvalue weighted by Crippen LogP contribution is 2.26. The minimum absolute atomic E-state index is 0.0225. The number of halogens is 1. The van der Waals surface area contributed by atoms with Gasteiger partial charge in [0.1, 0.15) is 0 Å². The van der Waals surface area contributed by atoms with Gasteiger partial charge in [-0.05, 0) is 37.3 Å². The van der Waals surface area contributed by atoms with Gasteiger partial charge in [0.25, 0.3) is 5.69 Å². The first-order chi connectivity index (χ1) is 9.97. The molecule has 1 saturated carbocycles. The van der Waals surface area contributed by atoms with Crippen LogP contribution in [0.2, 0.25) is 5.02 Å². The zero-order chi connectivity index (χ0) is 15.4. The maximum Gasteiger partial charge on any atom is 0.306 e. The lowest BCUT2D eigenvalue weighted by molar-refractivity contribution is -0.384. The summed E-state index contributed by atoms with van der Waals surface area (Å²) in [6, 6.07) is 4.70. The number of carboxylic acid groups (broad SMARTS) is 1. The number of aliphatic carboxylic acids is 1. The van der Waals surface area contributed by atoms with E-state index in [9.17, 15) is 14.9 Å². The molecule has 0 aromatic heterocycles. The summed E-state index contributed by atoms with van der Waals surface area (Å²) in [7, 11) is 0. The molecular formula is C14H17ClN2O4. The standard InChI is InChI=1S/C14H17ClN2O4/c15-13-7-12(17(20)21)6-3-10(13)8-16-11-4-1-9(2-5-11)14(18)19/h3,6-7,9,11,16H,1-2,4-5,8H2,(H,18,19). The summed E-state index contributed by atoms with van der Waals surface area (Å²) in [5.74, 6) is -0.946. The van der Waals surface area contributed by atoms with Crippen molar-refractivity contribution in [2.75, 3.05) is 0 Å². The molecule has 0 radical (unpaired) electrons. The molecule has 1 fully saturated rings. The normalized spacial score (nSPS) is 22.0. The van der Waals surface area contributed by atoms with Crippen molar-refractivity contribution in [2.45, 2.75) is 38.3 Å². The highest BCUT2D eigenvalue weighted by molar-refractivity contribution is 6.31. The molecular weight excluding hydrogens is 296 g/mol. The van der Waals surface area contributed by atoms with Gasteiger partial charge >= 0.3 is 5.97 Å². The third-order valence-electron chi connectivity index (χ3n) is 3.91. The molecule has 0 atom stereocenters. The molecule has 21 heavy (non-hydrogen) atoms. The second-order valence-corrected chi connectivity index (χ2v) is 5.71. The minimum Gasteiger partial charge on any atom is -0.481 e. The Labute approximate surface area is 127 Å². The molecule has 0 unspecified atom stereocenters. The number of nitrogens with one attached hydrogen (secondary N) is 1. The van der Waals surface area contributed by atoms with Gasteiger partial charge in [-0.1, -0.05) is 11.6 Å². The molecule has 2 N–H and O–H groups in total. The van der Waals surface area contributed by atoms with Crippen LogP contribution in [0.25, 0.3) is 0 Å². The van der Waals surface area contributed by atoms with Gasteiger partial charge in [-0.3, -0.25) is 14.9 Å². The average Bonchev–Trinajstić information content (AvgIpc) is 2.46. The zero-order valence-corrected chi connectivity index (χ0v) is 12.2. The van der Waals surface area contributed by atoms with E-state index >= 15 is 0 Å². The maximum absolute atomic E-state index is 10.9. The topological polar surface area (TPSA) is 92.5 Å². The molecule has 6 nitrogen and oxygen atoms in total. The second-order valence-electron chi connectivity index (χ2n) is 5.30. The summed E-state index contributed by atoms with van der Waals surface area (Å²) in [6.45, 7) is 0.527. The molecule has 0 aliphatic heterocycles. The Hall–Kier alpha value is -1.66. The number of benzene rings is 1. The van der Waals surface area contributed by atoms with Crippen LogP contribution in [0.5, 0.6) is 0 Å². The van der Waals surface area contributed by atoms with E-state index in [4.69, 9.17) is 16.7 Å². The van der Waals surface area contributed by atoms with Crippen molar-refractivity contribution in [3.8, 4) is 0 Å². The Kier molecular flexibility index (Phi) is 5.14. The fourth-order valence-electron chi connectivity index (χ4n) is 2.59. The fourth-order valence-corrected chi connectivity index (χ4v) is 2.83. The monoisotopic (exact) mass is 312 g/mol. The van der Waals surface area contributed by atoms with Crippen LogP contribution in [-0.4, -0.2) is 22.0 Å². The predicted molar refractivity (Wildman–Crippen MR) is 78.3 cm³/mol. The number of nitrogens with zero attached hydrogens (tertiary/aromatic N) is 1. The van der Waals surface area contributed by atoms with Crippen LogP contribution in [0.3, 0.4) is 0 Å². The Bertz CT molecular complexity index is 542. The van der Waals surface area contributed by atoms with E-state index in [1.54, 1.807) is 6.07 Å². The first kappa shape index (κ1) is 15.7. The van der Waals surface area contributed by atoms with Crippen molar-refractivity contribution in [3.05, 3.63) is 38.9 Å². The van der Waals surface area contributed by atoms with Gasteiger partial charge in [0.2, 0.25) is 0 Å². The van der Waals surface area contributed by atoms with Crippen LogP contribution in [0.15, 0.2) is 18.2 Å². The van der Waals surface area contributed by atoms with Crippen molar-refractivity contribution < 1.29 is 14.8 Å². The van der Waals surface area contributed by atoms with E-state index in [2.05, 4.69) is 5.32 Å². The largest absolute Gasteiger partial charge is 0.481 e. The van der Waals surface area contributed by atoms with Crippen molar-refractivity contribution >= 4 is 23.3 Å². The highest BCUT2D eigenvalue weighted by atomic mass is 35.5. The average molecular weight is 313 g/mol. The van der Waals surface area contributed by atoms with Crippen LogP contribution >= 0.6 is 11.6 Å². The van der Waals surface area contributed by atoms with Crippen LogP contribution < -0.4 is 5.32 Å². The zero-order valence-electron chi connectivity index (χ0n) is 11.4. The van der Waals surface area contributed by atoms with Gasteiger partial charge < -0.3 is 10.4 Å². The molecule has 1 aromatic carbocycles. The smallest absolute Gasteiger partial charge is 0.306 e. The van der Waals surface area contributed by atoms with E-state index in [1.807, 2.05) is 0 Å². The van der Waals surface area contributed by atoms with Gasteiger partial charge in [0, 0.05) is 24.7 Å². The highest BCUT2D eigenvalue weighted by Gasteiger charge is 2.25. The van der Waals surface area contributed by atoms with E-state index in [1.165, 1.54) is 12.1 Å².